The van der Waals surface area contributed by atoms with Crippen molar-refractivity contribution in [3.05, 3.63) is 52.5 Å². The molecule has 0 bridgehead atoms. The van der Waals surface area contributed by atoms with Gasteiger partial charge in [-0.3, -0.25) is 4.72 Å². The van der Waals surface area contributed by atoms with Crippen LogP contribution in [-0.2, 0) is 10.0 Å². The van der Waals surface area contributed by atoms with Crippen molar-refractivity contribution in [1.82, 2.24) is 0 Å². The van der Waals surface area contributed by atoms with Crippen LogP contribution in [0.25, 0.3) is 0 Å². The van der Waals surface area contributed by atoms with Crippen LogP contribution in [0.5, 0.6) is 0 Å². The normalized spacial score (nSPS) is 11.3. The summed E-state index contributed by atoms with van der Waals surface area (Å²) in [5.41, 5.74) is 7.51. The summed E-state index contributed by atoms with van der Waals surface area (Å²) in [6, 6.07) is 11.6. The van der Waals surface area contributed by atoms with E-state index in [9.17, 15) is 8.42 Å². The highest BCUT2D eigenvalue weighted by Crippen LogP contribution is 2.24. The van der Waals surface area contributed by atoms with Crippen LogP contribution in [0.4, 0.5) is 11.4 Å². The molecule has 0 amide bonds. The van der Waals surface area contributed by atoms with Crippen molar-refractivity contribution >= 4 is 37.3 Å². The van der Waals surface area contributed by atoms with E-state index in [-0.39, 0.29) is 4.90 Å². The van der Waals surface area contributed by atoms with Crippen LogP contribution in [0.3, 0.4) is 0 Å². The number of hydrogen-bond acceptors (Lipinski definition) is 3. The van der Waals surface area contributed by atoms with Crippen molar-refractivity contribution in [3.8, 4) is 0 Å². The molecule has 4 nitrogen and oxygen atoms in total. The molecule has 100 valence electrons. The summed E-state index contributed by atoms with van der Waals surface area (Å²) in [7, 11) is -3.61. The fourth-order valence-electron chi connectivity index (χ4n) is 1.60. The van der Waals surface area contributed by atoms with Crippen molar-refractivity contribution in [2.75, 3.05) is 10.5 Å². The molecule has 0 aliphatic heterocycles. The van der Waals surface area contributed by atoms with Crippen molar-refractivity contribution in [3.63, 3.8) is 0 Å². The van der Waals surface area contributed by atoms with E-state index in [0.717, 1.165) is 0 Å². The molecule has 6 heteroatoms. The molecule has 0 saturated carbocycles. The number of nitrogen functional groups attached to an aromatic ring is 1. The second kappa shape index (κ2) is 5.22. The number of hydrogen-bond donors (Lipinski definition) is 2. The van der Waals surface area contributed by atoms with Crippen LogP contribution in [0.2, 0.25) is 0 Å². The molecular formula is C13H13BrN2O2S. The van der Waals surface area contributed by atoms with Gasteiger partial charge < -0.3 is 5.73 Å². The maximum absolute atomic E-state index is 12.2. The van der Waals surface area contributed by atoms with Gasteiger partial charge in [-0.15, -0.1) is 0 Å². The predicted molar refractivity (Wildman–Crippen MR) is 80.5 cm³/mol. The molecule has 0 unspecified atom stereocenters. The van der Waals surface area contributed by atoms with Crippen LogP contribution < -0.4 is 10.5 Å². The number of anilines is 2. The Kier molecular flexibility index (Phi) is 3.82. The quantitative estimate of drug-likeness (QED) is 0.843. The van der Waals surface area contributed by atoms with E-state index in [4.69, 9.17) is 5.73 Å². The molecule has 0 atom stereocenters. The highest BCUT2D eigenvalue weighted by molar-refractivity contribution is 9.10. The molecule has 0 aromatic heterocycles. The standard InChI is InChI=1S/C13H13BrN2O2S/c1-9-12(15)6-3-7-13(9)16-19(17,18)11-5-2-4-10(14)8-11/h2-8,16H,15H2,1H3. The molecule has 3 N–H and O–H groups in total. The van der Waals surface area contributed by atoms with E-state index in [1.165, 1.54) is 6.07 Å². The zero-order valence-corrected chi connectivity index (χ0v) is 12.6. The summed E-state index contributed by atoms with van der Waals surface area (Å²) in [5, 5.41) is 0. The van der Waals surface area contributed by atoms with Crippen LogP contribution in [0, 0.1) is 6.92 Å². The third kappa shape index (κ3) is 3.08. The van der Waals surface area contributed by atoms with Crippen LogP contribution in [0.1, 0.15) is 5.56 Å². The van der Waals surface area contributed by atoms with Crippen molar-refractivity contribution in [2.45, 2.75) is 11.8 Å². The predicted octanol–water partition coefficient (Wildman–Crippen LogP) is 3.14. The van der Waals surface area contributed by atoms with Crippen molar-refractivity contribution in [2.24, 2.45) is 0 Å². The lowest BCUT2D eigenvalue weighted by Crippen LogP contribution is -2.14. The molecule has 0 fully saturated rings. The Morgan fingerprint density at radius 3 is 2.53 bits per heavy atom. The number of nitrogens with two attached hydrogens (primary N) is 1. The first-order chi connectivity index (χ1) is 8.90. The smallest absolute Gasteiger partial charge is 0.261 e. The van der Waals surface area contributed by atoms with E-state index in [1.807, 2.05) is 0 Å². The summed E-state index contributed by atoms with van der Waals surface area (Å²) in [6.45, 7) is 1.77. The lowest BCUT2D eigenvalue weighted by Gasteiger charge is -2.12. The van der Waals surface area contributed by atoms with Gasteiger partial charge in [0, 0.05) is 10.2 Å². The average Bonchev–Trinajstić information content (AvgIpc) is 2.35. The zero-order valence-electron chi connectivity index (χ0n) is 10.2. The summed E-state index contributed by atoms with van der Waals surface area (Å²) in [5.74, 6) is 0. The van der Waals surface area contributed by atoms with Gasteiger partial charge in [-0.05, 0) is 42.8 Å². The van der Waals surface area contributed by atoms with E-state index < -0.39 is 10.0 Å². The Morgan fingerprint density at radius 2 is 1.84 bits per heavy atom. The van der Waals surface area contributed by atoms with Crippen LogP contribution in [0.15, 0.2) is 51.8 Å². The Morgan fingerprint density at radius 1 is 1.16 bits per heavy atom. The molecule has 0 heterocycles. The molecule has 0 saturated heterocycles. The first-order valence-electron chi connectivity index (χ1n) is 5.53. The Bertz CT molecular complexity index is 714. The van der Waals surface area contributed by atoms with Crippen LogP contribution in [-0.4, -0.2) is 8.42 Å². The summed E-state index contributed by atoms with van der Waals surface area (Å²) < 4.78 is 27.7. The number of nitrogens with one attached hydrogen (secondary N) is 1. The number of sulfonamides is 1. The van der Waals surface area contributed by atoms with Gasteiger partial charge >= 0.3 is 0 Å². The third-order valence-electron chi connectivity index (χ3n) is 2.73. The van der Waals surface area contributed by atoms with Crippen molar-refractivity contribution in [1.29, 1.82) is 0 Å². The minimum absolute atomic E-state index is 0.198. The van der Waals surface area contributed by atoms with Gasteiger partial charge in [0.25, 0.3) is 10.0 Å². The Balaban J connectivity index is 2.39. The maximum atomic E-state index is 12.2. The molecule has 0 spiro atoms. The van der Waals surface area contributed by atoms with Gasteiger partial charge in [0.1, 0.15) is 0 Å². The number of halogens is 1. The summed E-state index contributed by atoms with van der Waals surface area (Å²) in [6.07, 6.45) is 0. The van der Waals surface area contributed by atoms with Gasteiger partial charge in [-0.25, -0.2) is 8.42 Å². The zero-order chi connectivity index (χ0) is 14.0. The van der Waals surface area contributed by atoms with Gasteiger partial charge in [0.2, 0.25) is 0 Å². The molecule has 2 aromatic carbocycles. The van der Waals surface area contributed by atoms with Gasteiger partial charge in [-0.1, -0.05) is 28.1 Å². The minimum atomic E-state index is -3.61. The fraction of sp³-hybridized carbons (Fsp3) is 0.0769. The fourth-order valence-corrected chi connectivity index (χ4v) is 3.32. The number of rotatable bonds is 3. The molecular weight excluding hydrogens is 328 g/mol. The maximum Gasteiger partial charge on any atom is 0.261 e. The molecule has 19 heavy (non-hydrogen) atoms. The lowest BCUT2D eigenvalue weighted by atomic mass is 10.2. The summed E-state index contributed by atoms with van der Waals surface area (Å²) in [4.78, 5) is 0.198. The Hall–Kier alpha value is -1.53. The van der Waals surface area contributed by atoms with E-state index >= 15 is 0 Å². The molecule has 2 aromatic rings. The third-order valence-corrected chi connectivity index (χ3v) is 4.58. The van der Waals surface area contributed by atoms with Gasteiger partial charge in [0.05, 0.1) is 10.6 Å². The molecule has 0 aliphatic rings. The molecule has 2 rings (SSSR count). The van der Waals surface area contributed by atoms with E-state index in [0.29, 0.717) is 21.4 Å². The monoisotopic (exact) mass is 340 g/mol. The van der Waals surface area contributed by atoms with E-state index in [1.54, 1.807) is 43.3 Å². The Labute approximate surface area is 120 Å². The number of benzene rings is 2. The largest absolute Gasteiger partial charge is 0.398 e. The highest BCUT2D eigenvalue weighted by atomic mass is 79.9. The van der Waals surface area contributed by atoms with E-state index in [2.05, 4.69) is 20.7 Å². The summed E-state index contributed by atoms with van der Waals surface area (Å²) >= 11 is 3.25. The SMILES string of the molecule is Cc1c(N)cccc1NS(=O)(=O)c1cccc(Br)c1. The first-order valence-corrected chi connectivity index (χ1v) is 7.81. The lowest BCUT2D eigenvalue weighted by molar-refractivity contribution is 0.601. The molecule has 0 radical (unpaired) electrons. The van der Waals surface area contributed by atoms with Gasteiger partial charge in [0.15, 0.2) is 0 Å². The highest BCUT2D eigenvalue weighted by Gasteiger charge is 2.15. The first kappa shape index (κ1) is 13.9. The average molecular weight is 341 g/mol. The van der Waals surface area contributed by atoms with Gasteiger partial charge in [-0.2, -0.15) is 0 Å². The topological polar surface area (TPSA) is 72.2 Å². The second-order valence-electron chi connectivity index (χ2n) is 4.08. The molecule has 0 aliphatic carbocycles. The minimum Gasteiger partial charge on any atom is -0.398 e. The van der Waals surface area contributed by atoms with Crippen molar-refractivity contribution < 1.29 is 8.42 Å². The second-order valence-corrected chi connectivity index (χ2v) is 6.68. The van der Waals surface area contributed by atoms with Crippen LogP contribution >= 0.6 is 15.9 Å².